The highest BCUT2D eigenvalue weighted by Gasteiger charge is 2.44. The van der Waals surface area contributed by atoms with Gasteiger partial charge in [-0.25, -0.2) is 13.2 Å². The summed E-state index contributed by atoms with van der Waals surface area (Å²) in [6.07, 6.45) is -2.00. The van der Waals surface area contributed by atoms with Crippen molar-refractivity contribution in [2.75, 3.05) is 36.4 Å². The van der Waals surface area contributed by atoms with E-state index in [4.69, 9.17) is 9.47 Å². The lowest BCUT2D eigenvalue weighted by molar-refractivity contribution is -0.134. The average molecular weight is 553 g/mol. The molecule has 1 aromatic heterocycles. The van der Waals surface area contributed by atoms with Crippen molar-refractivity contribution < 1.29 is 40.4 Å². The van der Waals surface area contributed by atoms with Gasteiger partial charge in [-0.3, -0.25) is 9.52 Å². The molecule has 38 heavy (non-hydrogen) atoms. The fraction of sp³-hybridized carbons (Fsp3) is 0.333. The Morgan fingerprint density at radius 2 is 2.03 bits per heavy atom. The van der Waals surface area contributed by atoms with E-state index in [1.807, 2.05) is 0 Å². The summed E-state index contributed by atoms with van der Waals surface area (Å²) in [6.45, 7) is -0.371. The van der Waals surface area contributed by atoms with Crippen LogP contribution in [0.2, 0.25) is 0 Å². The lowest BCUT2D eigenvalue weighted by Crippen LogP contribution is -2.62. The zero-order valence-electron chi connectivity index (χ0n) is 20.0. The van der Waals surface area contributed by atoms with Crippen molar-refractivity contribution in [1.82, 2.24) is 9.46 Å². The van der Waals surface area contributed by atoms with Gasteiger partial charge in [-0.2, -0.15) is 12.7 Å². The summed E-state index contributed by atoms with van der Waals surface area (Å²) in [5, 5.41) is 3.55. The van der Waals surface area contributed by atoms with Gasteiger partial charge in [-0.1, -0.05) is 23.4 Å². The minimum atomic E-state index is -3.98. The molecule has 0 spiro atoms. The fourth-order valence-electron chi connectivity index (χ4n) is 4.72. The van der Waals surface area contributed by atoms with Gasteiger partial charge >= 0.3 is 10.2 Å². The molecule has 1 N–H and O–H groups in total. The molecule has 0 unspecified atom stereocenters. The molecule has 2 saturated heterocycles. The lowest BCUT2D eigenvalue weighted by atomic mass is 9.97. The van der Waals surface area contributed by atoms with Crippen molar-refractivity contribution in [1.29, 1.82) is 0 Å². The molecule has 2 aliphatic rings. The van der Waals surface area contributed by atoms with Gasteiger partial charge in [0.25, 0.3) is 12.3 Å². The van der Waals surface area contributed by atoms with Gasteiger partial charge in [0.2, 0.25) is 0 Å². The number of nitrogens with one attached hydrogen (secondary N) is 1. The summed E-state index contributed by atoms with van der Waals surface area (Å²) in [5.41, 5.74) is 0.148. The number of hydrogen-bond donors (Lipinski definition) is 1. The van der Waals surface area contributed by atoms with E-state index in [2.05, 4.69) is 14.4 Å². The minimum Gasteiger partial charge on any atom is -0.495 e. The third-order valence-electron chi connectivity index (χ3n) is 6.50. The largest absolute Gasteiger partial charge is 0.495 e. The first kappa shape index (κ1) is 26.0. The van der Waals surface area contributed by atoms with Gasteiger partial charge in [0.05, 0.1) is 24.9 Å². The van der Waals surface area contributed by atoms with Gasteiger partial charge in [0.15, 0.2) is 5.82 Å². The van der Waals surface area contributed by atoms with Gasteiger partial charge in [-0.15, -0.1) is 0 Å². The Balaban J connectivity index is 1.43. The number of alkyl halides is 2. The number of nitrogens with zero attached hydrogens (tertiary/aromatic N) is 3. The van der Waals surface area contributed by atoms with E-state index < -0.39 is 40.5 Å². The summed E-state index contributed by atoms with van der Waals surface area (Å²) in [7, 11) is -2.63. The molecule has 0 bridgehead atoms. The number of ether oxygens (including phenoxy) is 2. The Kier molecular flexibility index (Phi) is 7.03. The third kappa shape index (κ3) is 4.93. The van der Waals surface area contributed by atoms with E-state index in [0.29, 0.717) is 0 Å². The molecule has 2 atom stereocenters. The number of morpholine rings is 1. The van der Waals surface area contributed by atoms with E-state index in [1.54, 1.807) is 0 Å². The number of amides is 1. The van der Waals surface area contributed by atoms with Gasteiger partial charge in [-0.05, 0) is 24.1 Å². The van der Waals surface area contributed by atoms with Crippen LogP contribution in [0.1, 0.15) is 18.4 Å². The predicted octanol–water partition coefficient (Wildman–Crippen LogP) is 3.59. The molecular weight excluding hydrogens is 529 g/mol. The average Bonchev–Trinajstić information content (AvgIpc) is 3.40. The number of carbonyl (C=O) groups excluding carboxylic acids is 1. The van der Waals surface area contributed by atoms with Crippen molar-refractivity contribution >= 4 is 27.6 Å². The number of halogens is 3. The number of methoxy groups -OCH3 is 1. The Morgan fingerprint density at radius 1 is 1.21 bits per heavy atom. The summed E-state index contributed by atoms with van der Waals surface area (Å²) in [6, 6.07) is 8.59. The SMILES string of the molecule is COc1cc(-c2cccc(C(F)F)c2)c(F)cc1N1C(=O)CO[C@@H]2CN(S(=O)(=O)Nc3ccon3)CC[C@H]21. The Hall–Kier alpha value is -3.62. The molecule has 2 fully saturated rings. The molecule has 3 aromatic rings. The van der Waals surface area contributed by atoms with Crippen LogP contribution in [0.25, 0.3) is 11.1 Å². The minimum absolute atomic E-state index is 0.0212. The normalized spacial score (nSPS) is 20.4. The highest BCUT2D eigenvalue weighted by molar-refractivity contribution is 7.90. The number of aromatic nitrogens is 1. The summed E-state index contributed by atoms with van der Waals surface area (Å²) >= 11 is 0. The van der Waals surface area contributed by atoms with Crippen molar-refractivity contribution in [3.8, 4) is 16.9 Å². The first-order valence-electron chi connectivity index (χ1n) is 11.6. The molecular formula is C24H23F3N4O6S. The van der Waals surface area contributed by atoms with Gasteiger partial charge < -0.3 is 18.9 Å². The number of carbonyl (C=O) groups is 1. The molecule has 5 rings (SSSR count). The van der Waals surface area contributed by atoms with Crippen LogP contribution in [0.15, 0.2) is 53.3 Å². The molecule has 0 saturated carbocycles. The van der Waals surface area contributed by atoms with E-state index in [0.717, 1.165) is 6.07 Å². The maximum atomic E-state index is 15.4. The number of anilines is 2. The Labute approximate surface area is 216 Å². The highest BCUT2D eigenvalue weighted by atomic mass is 32.2. The number of piperidine rings is 1. The smallest absolute Gasteiger partial charge is 0.302 e. The first-order chi connectivity index (χ1) is 18.2. The zero-order chi connectivity index (χ0) is 27.0. The number of fused-ring (bicyclic) bond motifs is 1. The van der Waals surface area contributed by atoms with E-state index >= 15 is 4.39 Å². The maximum Gasteiger partial charge on any atom is 0.302 e. The van der Waals surface area contributed by atoms with Crippen LogP contribution in [-0.4, -0.2) is 62.7 Å². The molecule has 2 aromatic carbocycles. The number of hydrogen-bond acceptors (Lipinski definition) is 7. The van der Waals surface area contributed by atoms with Crippen LogP contribution in [0, 0.1) is 5.82 Å². The molecule has 0 radical (unpaired) electrons. The van der Waals surface area contributed by atoms with E-state index in [-0.39, 0.29) is 60.1 Å². The molecule has 202 valence electrons. The van der Waals surface area contributed by atoms with Crippen LogP contribution in [0.4, 0.5) is 24.7 Å². The maximum absolute atomic E-state index is 15.4. The molecule has 14 heteroatoms. The second-order valence-electron chi connectivity index (χ2n) is 8.75. The second-order valence-corrected chi connectivity index (χ2v) is 10.4. The van der Waals surface area contributed by atoms with Crippen LogP contribution in [0.3, 0.4) is 0 Å². The predicted molar refractivity (Wildman–Crippen MR) is 130 cm³/mol. The monoisotopic (exact) mass is 552 g/mol. The molecule has 0 aliphatic carbocycles. The Morgan fingerprint density at radius 3 is 2.74 bits per heavy atom. The zero-order valence-corrected chi connectivity index (χ0v) is 20.8. The second kappa shape index (κ2) is 10.3. The van der Waals surface area contributed by atoms with Crippen LogP contribution in [0.5, 0.6) is 5.75 Å². The van der Waals surface area contributed by atoms with Crippen molar-refractivity contribution in [3.63, 3.8) is 0 Å². The molecule has 10 nitrogen and oxygen atoms in total. The van der Waals surface area contributed by atoms with Crippen molar-refractivity contribution in [2.45, 2.75) is 25.0 Å². The van der Waals surface area contributed by atoms with Crippen LogP contribution in [-0.2, 0) is 19.7 Å². The third-order valence-corrected chi connectivity index (χ3v) is 7.98. The summed E-state index contributed by atoms with van der Waals surface area (Å²) < 4.78 is 86.6. The molecule has 1 amide bonds. The molecule has 3 heterocycles. The van der Waals surface area contributed by atoms with Gasteiger partial charge in [0, 0.05) is 36.3 Å². The summed E-state index contributed by atoms with van der Waals surface area (Å²) in [4.78, 5) is 14.3. The number of benzene rings is 2. The number of rotatable bonds is 7. The lowest BCUT2D eigenvalue weighted by Gasteiger charge is -2.46. The quantitative estimate of drug-likeness (QED) is 0.477. The topological polar surface area (TPSA) is 114 Å². The van der Waals surface area contributed by atoms with E-state index in [9.17, 15) is 22.0 Å². The van der Waals surface area contributed by atoms with Crippen LogP contribution >= 0.6 is 0 Å². The van der Waals surface area contributed by atoms with Crippen LogP contribution < -0.4 is 14.4 Å². The first-order valence-corrected chi connectivity index (χ1v) is 13.0. The highest BCUT2D eigenvalue weighted by Crippen LogP contribution is 2.40. The fourth-order valence-corrected chi connectivity index (χ4v) is 5.91. The van der Waals surface area contributed by atoms with Crippen molar-refractivity contribution in [2.24, 2.45) is 0 Å². The Bertz CT molecular complexity index is 1440. The van der Waals surface area contributed by atoms with E-state index in [1.165, 1.54) is 59.0 Å². The van der Waals surface area contributed by atoms with Gasteiger partial charge in [0.1, 0.15) is 24.4 Å². The van der Waals surface area contributed by atoms with Crippen molar-refractivity contribution in [3.05, 3.63) is 60.1 Å². The standard InChI is InChI=1S/C24H23F3N4O6S/c1-35-20-10-16(14-3-2-4-15(9-14)24(26)27)17(25)11-19(20)31-18-5-7-30(12-21(18)36-13-23(31)32)38(33,34)29-22-6-8-37-28-22/h2-4,6,8-11,18,21,24H,5,7,12-13H2,1H3,(H,28,29)/t18-,21-/m1/s1. The summed E-state index contributed by atoms with van der Waals surface area (Å²) in [5.74, 6) is -1.01. The molecule has 2 aliphatic heterocycles.